The van der Waals surface area contributed by atoms with Gasteiger partial charge in [0, 0.05) is 23.9 Å². The van der Waals surface area contributed by atoms with E-state index in [0.29, 0.717) is 10.8 Å². The molecule has 0 bridgehead atoms. The fourth-order valence-electron chi connectivity index (χ4n) is 3.22. The maximum atomic E-state index is 3.48. The third kappa shape index (κ3) is 3.64. The first-order valence-corrected chi connectivity index (χ1v) is 8.87. The number of nitrogens with one attached hydrogen (secondary N) is 1. The molecule has 0 unspecified atom stereocenters. The summed E-state index contributed by atoms with van der Waals surface area (Å²) in [4.78, 5) is 2.76. The quantitative estimate of drug-likeness (QED) is 0.799. The van der Waals surface area contributed by atoms with Gasteiger partial charge in [0.15, 0.2) is 0 Å². The molecular weight excluding hydrogens is 240 g/mol. The maximum absolute atomic E-state index is 3.48. The molecule has 2 nitrogen and oxygen atoms in total. The molecule has 0 radical (unpaired) electrons. The topological polar surface area (TPSA) is 15.3 Å². The highest BCUT2D eigenvalue weighted by atomic mass is 32.2. The van der Waals surface area contributed by atoms with E-state index in [1.807, 2.05) is 0 Å². The molecule has 2 rings (SSSR count). The highest BCUT2D eigenvalue weighted by molar-refractivity contribution is 8.00. The van der Waals surface area contributed by atoms with Crippen LogP contribution in [0.15, 0.2) is 0 Å². The highest BCUT2D eigenvalue weighted by Crippen LogP contribution is 2.43. The molecule has 2 fully saturated rings. The smallest absolute Gasteiger partial charge is 0.0284 e. The second kappa shape index (κ2) is 6.62. The molecule has 3 heteroatoms. The predicted octanol–water partition coefficient (Wildman–Crippen LogP) is 2.98. The van der Waals surface area contributed by atoms with Crippen LogP contribution in [0.2, 0.25) is 0 Å². The van der Waals surface area contributed by atoms with Gasteiger partial charge in [-0.15, -0.1) is 0 Å². The normalized spacial score (nSPS) is 24.5. The van der Waals surface area contributed by atoms with Crippen molar-refractivity contribution in [3.05, 3.63) is 0 Å². The summed E-state index contributed by atoms with van der Waals surface area (Å²) in [5, 5.41) is 3.48. The summed E-state index contributed by atoms with van der Waals surface area (Å²) in [6, 6.07) is 0.699. The zero-order valence-electron chi connectivity index (χ0n) is 12.4. The Labute approximate surface area is 117 Å². The molecule has 1 saturated carbocycles. The fraction of sp³-hybridized carbons (Fsp3) is 1.00. The van der Waals surface area contributed by atoms with Crippen molar-refractivity contribution < 1.29 is 0 Å². The minimum absolute atomic E-state index is 0.594. The zero-order valence-corrected chi connectivity index (χ0v) is 13.2. The Morgan fingerprint density at radius 3 is 2.39 bits per heavy atom. The first kappa shape index (κ1) is 14.7. The highest BCUT2D eigenvalue weighted by Gasteiger charge is 2.38. The number of rotatable bonds is 6. The monoisotopic (exact) mass is 270 g/mol. The molecule has 1 heterocycles. The Hall–Kier alpha value is 0.270. The summed E-state index contributed by atoms with van der Waals surface area (Å²) in [6.45, 7) is 9.83. The van der Waals surface area contributed by atoms with E-state index >= 15 is 0 Å². The number of piperidine rings is 1. The molecule has 106 valence electrons. The molecule has 1 aliphatic heterocycles. The van der Waals surface area contributed by atoms with Crippen LogP contribution in [-0.4, -0.2) is 48.1 Å². The Balaban J connectivity index is 1.86. The summed E-state index contributed by atoms with van der Waals surface area (Å²) in [7, 11) is 0. The molecule has 1 N–H and O–H groups in total. The van der Waals surface area contributed by atoms with E-state index < -0.39 is 0 Å². The van der Waals surface area contributed by atoms with Crippen molar-refractivity contribution in [2.75, 3.05) is 32.4 Å². The van der Waals surface area contributed by atoms with Gasteiger partial charge < -0.3 is 5.32 Å². The van der Waals surface area contributed by atoms with Crippen molar-refractivity contribution >= 4 is 11.8 Å². The lowest BCUT2D eigenvalue weighted by Crippen LogP contribution is -2.49. The standard InChI is InChI=1S/C15H30N2S/c1-13(2)17(11-14-5-9-16-10-6-14)12-15(18-3)7-4-8-15/h13-14,16H,4-12H2,1-3H3. The first-order valence-electron chi connectivity index (χ1n) is 7.65. The number of hydrogen-bond donors (Lipinski definition) is 1. The van der Waals surface area contributed by atoms with Crippen LogP contribution in [0, 0.1) is 5.92 Å². The first-order chi connectivity index (χ1) is 8.65. The van der Waals surface area contributed by atoms with Gasteiger partial charge in [0.05, 0.1) is 0 Å². The molecule has 0 aromatic rings. The number of thioether (sulfide) groups is 1. The van der Waals surface area contributed by atoms with Gasteiger partial charge in [-0.2, -0.15) is 11.8 Å². The Bertz CT molecular complexity index is 239. The maximum Gasteiger partial charge on any atom is 0.0284 e. The lowest BCUT2D eigenvalue weighted by molar-refractivity contribution is 0.133. The minimum atomic E-state index is 0.594. The molecule has 0 aromatic heterocycles. The van der Waals surface area contributed by atoms with Crippen LogP contribution in [0.4, 0.5) is 0 Å². The van der Waals surface area contributed by atoms with Crippen molar-refractivity contribution in [1.29, 1.82) is 0 Å². The third-order valence-corrected chi connectivity index (χ3v) is 6.27. The second-order valence-corrected chi connectivity index (χ2v) is 7.73. The molecule has 0 amide bonds. The van der Waals surface area contributed by atoms with E-state index in [1.165, 1.54) is 58.3 Å². The molecular formula is C15H30N2S. The Morgan fingerprint density at radius 1 is 1.28 bits per heavy atom. The van der Waals surface area contributed by atoms with Crippen LogP contribution in [0.25, 0.3) is 0 Å². The van der Waals surface area contributed by atoms with E-state index in [1.54, 1.807) is 0 Å². The number of hydrogen-bond acceptors (Lipinski definition) is 3. The van der Waals surface area contributed by atoms with Crippen LogP contribution in [0.3, 0.4) is 0 Å². The summed E-state index contributed by atoms with van der Waals surface area (Å²) < 4.78 is 0.594. The SMILES string of the molecule is CSC1(CN(CC2CCNCC2)C(C)C)CCC1. The van der Waals surface area contributed by atoms with Crippen LogP contribution in [0.1, 0.15) is 46.0 Å². The lowest BCUT2D eigenvalue weighted by Gasteiger charge is -2.46. The van der Waals surface area contributed by atoms with Gasteiger partial charge in [0.1, 0.15) is 0 Å². The van der Waals surface area contributed by atoms with E-state index in [0.717, 1.165) is 5.92 Å². The van der Waals surface area contributed by atoms with Crippen LogP contribution >= 0.6 is 11.8 Å². The van der Waals surface area contributed by atoms with Crippen LogP contribution in [0.5, 0.6) is 0 Å². The predicted molar refractivity (Wildman–Crippen MR) is 82.4 cm³/mol. The summed E-state index contributed by atoms with van der Waals surface area (Å²) >= 11 is 2.11. The van der Waals surface area contributed by atoms with E-state index in [4.69, 9.17) is 0 Å². The van der Waals surface area contributed by atoms with Crippen LogP contribution in [-0.2, 0) is 0 Å². The van der Waals surface area contributed by atoms with E-state index in [2.05, 4.69) is 42.1 Å². The van der Waals surface area contributed by atoms with Gasteiger partial charge in [0.25, 0.3) is 0 Å². The second-order valence-electron chi connectivity index (χ2n) is 6.46. The molecule has 2 aliphatic rings. The van der Waals surface area contributed by atoms with Gasteiger partial charge in [-0.3, -0.25) is 4.90 Å². The summed E-state index contributed by atoms with van der Waals surface area (Å²) in [5.41, 5.74) is 0. The van der Waals surface area contributed by atoms with Crippen molar-refractivity contribution in [3.8, 4) is 0 Å². The fourth-order valence-corrected chi connectivity index (χ4v) is 4.21. The van der Waals surface area contributed by atoms with Gasteiger partial charge in [-0.25, -0.2) is 0 Å². The van der Waals surface area contributed by atoms with Crippen molar-refractivity contribution in [2.45, 2.75) is 56.7 Å². The largest absolute Gasteiger partial charge is 0.317 e. The van der Waals surface area contributed by atoms with Crippen molar-refractivity contribution in [3.63, 3.8) is 0 Å². The molecule has 1 saturated heterocycles. The Morgan fingerprint density at radius 2 is 1.94 bits per heavy atom. The van der Waals surface area contributed by atoms with Gasteiger partial charge >= 0.3 is 0 Å². The zero-order chi connectivity index (χ0) is 13.0. The molecule has 1 aliphatic carbocycles. The van der Waals surface area contributed by atoms with Crippen LogP contribution < -0.4 is 5.32 Å². The third-order valence-electron chi connectivity index (χ3n) is 4.87. The van der Waals surface area contributed by atoms with Gasteiger partial charge in [0.2, 0.25) is 0 Å². The van der Waals surface area contributed by atoms with Crippen molar-refractivity contribution in [1.82, 2.24) is 10.2 Å². The summed E-state index contributed by atoms with van der Waals surface area (Å²) in [6.07, 6.45) is 9.36. The van der Waals surface area contributed by atoms with Gasteiger partial charge in [-0.05, 0) is 64.8 Å². The lowest BCUT2D eigenvalue weighted by atomic mass is 9.83. The van der Waals surface area contributed by atoms with Gasteiger partial charge in [-0.1, -0.05) is 6.42 Å². The van der Waals surface area contributed by atoms with Crippen molar-refractivity contribution in [2.24, 2.45) is 5.92 Å². The molecule has 0 aromatic carbocycles. The molecule has 0 spiro atoms. The number of nitrogens with zero attached hydrogens (tertiary/aromatic N) is 1. The average molecular weight is 270 g/mol. The summed E-state index contributed by atoms with van der Waals surface area (Å²) in [5.74, 6) is 0.924. The average Bonchev–Trinajstić information content (AvgIpc) is 2.33. The Kier molecular flexibility index (Phi) is 5.40. The molecule has 18 heavy (non-hydrogen) atoms. The minimum Gasteiger partial charge on any atom is -0.317 e. The molecule has 0 atom stereocenters. The van der Waals surface area contributed by atoms with E-state index in [-0.39, 0.29) is 0 Å². The van der Waals surface area contributed by atoms with E-state index in [9.17, 15) is 0 Å².